The molecule has 0 unspecified atom stereocenters. The van der Waals surface area contributed by atoms with Gasteiger partial charge in [0.05, 0.1) is 20.1 Å². The minimum atomic E-state index is 0.700. The van der Waals surface area contributed by atoms with Crippen LogP contribution in [0.4, 0.5) is 0 Å². The number of ether oxygens (including phenoxy) is 2. The first-order valence-corrected chi connectivity index (χ1v) is 5.71. The highest BCUT2D eigenvalue weighted by molar-refractivity contribution is 5.79. The number of hydrogen-bond donors (Lipinski definition) is 1. The van der Waals surface area contributed by atoms with Gasteiger partial charge < -0.3 is 15.2 Å². The van der Waals surface area contributed by atoms with Crippen LogP contribution in [0.3, 0.4) is 0 Å². The van der Waals surface area contributed by atoms with E-state index in [2.05, 4.69) is 4.99 Å². The second-order valence-electron chi connectivity index (χ2n) is 3.67. The van der Waals surface area contributed by atoms with Gasteiger partial charge in [-0.15, -0.1) is 0 Å². The van der Waals surface area contributed by atoms with Crippen LogP contribution in [0.15, 0.2) is 23.2 Å². The molecule has 0 bridgehead atoms. The van der Waals surface area contributed by atoms with Gasteiger partial charge in [-0.3, -0.25) is 4.99 Å². The lowest BCUT2D eigenvalue weighted by Gasteiger charge is -2.08. The average Bonchev–Trinajstić information content (AvgIpc) is 2.38. The van der Waals surface area contributed by atoms with E-state index >= 15 is 0 Å². The Hall–Kier alpha value is -1.71. The van der Waals surface area contributed by atoms with E-state index in [0.717, 1.165) is 29.9 Å². The van der Waals surface area contributed by atoms with Gasteiger partial charge in [0, 0.05) is 13.0 Å². The Bertz CT molecular complexity index is 389. The second kappa shape index (κ2) is 6.78. The molecule has 0 aliphatic heterocycles. The van der Waals surface area contributed by atoms with Crippen LogP contribution in [0.25, 0.3) is 0 Å². The molecular weight excluding hydrogens is 216 g/mol. The zero-order valence-electron chi connectivity index (χ0n) is 10.7. The Labute approximate surface area is 102 Å². The standard InChI is InChI=1S/C13H20N2O2/c1-4-13(14)15-8-7-10-5-6-11(16-2)12(9-10)17-3/h5-6,9H,4,7-8H2,1-3H3,(H2,14,15). The lowest BCUT2D eigenvalue weighted by atomic mass is 10.1. The van der Waals surface area contributed by atoms with Gasteiger partial charge in [0.25, 0.3) is 0 Å². The molecule has 0 amide bonds. The first-order chi connectivity index (χ1) is 8.21. The smallest absolute Gasteiger partial charge is 0.160 e. The van der Waals surface area contributed by atoms with E-state index in [9.17, 15) is 0 Å². The SMILES string of the molecule is CCC(N)=NCCc1ccc(OC)c(OC)c1. The van der Waals surface area contributed by atoms with Crippen LogP contribution in [-0.2, 0) is 6.42 Å². The number of aliphatic imine (C=N–C) groups is 1. The summed E-state index contributed by atoms with van der Waals surface area (Å²) in [5, 5.41) is 0. The van der Waals surface area contributed by atoms with E-state index in [1.165, 1.54) is 0 Å². The van der Waals surface area contributed by atoms with Crippen LogP contribution in [0, 0.1) is 0 Å². The van der Waals surface area contributed by atoms with Crippen molar-refractivity contribution in [3.8, 4) is 11.5 Å². The van der Waals surface area contributed by atoms with Gasteiger partial charge in [0.15, 0.2) is 11.5 Å². The summed E-state index contributed by atoms with van der Waals surface area (Å²) in [6.07, 6.45) is 1.65. The number of hydrogen-bond acceptors (Lipinski definition) is 3. The molecule has 2 N–H and O–H groups in total. The van der Waals surface area contributed by atoms with Gasteiger partial charge >= 0.3 is 0 Å². The van der Waals surface area contributed by atoms with Crippen molar-refractivity contribution in [1.82, 2.24) is 0 Å². The Morgan fingerprint density at radius 2 is 1.94 bits per heavy atom. The molecule has 0 aliphatic carbocycles. The van der Waals surface area contributed by atoms with Crippen molar-refractivity contribution >= 4 is 5.84 Å². The number of nitrogens with zero attached hydrogens (tertiary/aromatic N) is 1. The molecule has 1 rings (SSSR count). The van der Waals surface area contributed by atoms with E-state index in [1.54, 1.807) is 14.2 Å². The molecule has 0 saturated heterocycles. The first-order valence-electron chi connectivity index (χ1n) is 5.71. The number of amidine groups is 1. The summed E-state index contributed by atoms with van der Waals surface area (Å²) in [7, 11) is 3.26. The minimum Gasteiger partial charge on any atom is -0.493 e. The van der Waals surface area contributed by atoms with Crippen molar-refractivity contribution in [3.05, 3.63) is 23.8 Å². The molecule has 17 heavy (non-hydrogen) atoms. The molecule has 1 aromatic carbocycles. The van der Waals surface area contributed by atoms with Gasteiger partial charge in [-0.2, -0.15) is 0 Å². The lowest BCUT2D eigenvalue weighted by Crippen LogP contribution is -2.10. The molecule has 94 valence electrons. The van der Waals surface area contributed by atoms with Crippen molar-refractivity contribution < 1.29 is 9.47 Å². The van der Waals surface area contributed by atoms with E-state index in [0.29, 0.717) is 12.4 Å². The van der Waals surface area contributed by atoms with Crippen molar-refractivity contribution in [1.29, 1.82) is 0 Å². The van der Waals surface area contributed by atoms with Gasteiger partial charge in [-0.1, -0.05) is 13.0 Å². The maximum absolute atomic E-state index is 5.64. The highest BCUT2D eigenvalue weighted by Gasteiger charge is 2.03. The largest absolute Gasteiger partial charge is 0.493 e. The first kappa shape index (κ1) is 13.4. The number of nitrogens with two attached hydrogens (primary N) is 1. The Balaban J connectivity index is 2.66. The van der Waals surface area contributed by atoms with Crippen molar-refractivity contribution in [2.24, 2.45) is 10.7 Å². The van der Waals surface area contributed by atoms with E-state index in [4.69, 9.17) is 15.2 Å². The van der Waals surface area contributed by atoms with Crippen LogP contribution >= 0.6 is 0 Å². The quantitative estimate of drug-likeness (QED) is 0.607. The monoisotopic (exact) mass is 236 g/mol. The van der Waals surface area contributed by atoms with Crippen LogP contribution in [0.5, 0.6) is 11.5 Å². The topological polar surface area (TPSA) is 56.8 Å². The maximum atomic E-state index is 5.64. The summed E-state index contributed by atoms with van der Waals surface area (Å²) in [6, 6.07) is 5.89. The predicted molar refractivity (Wildman–Crippen MR) is 70.0 cm³/mol. The lowest BCUT2D eigenvalue weighted by molar-refractivity contribution is 0.354. The van der Waals surface area contributed by atoms with Crippen LogP contribution < -0.4 is 15.2 Å². The molecule has 0 aromatic heterocycles. The molecule has 4 nitrogen and oxygen atoms in total. The fourth-order valence-corrected chi connectivity index (χ4v) is 1.48. The van der Waals surface area contributed by atoms with Crippen LogP contribution in [0.1, 0.15) is 18.9 Å². The third kappa shape index (κ3) is 3.98. The van der Waals surface area contributed by atoms with E-state index < -0.39 is 0 Å². The van der Waals surface area contributed by atoms with Gasteiger partial charge in [-0.05, 0) is 24.1 Å². The summed E-state index contributed by atoms with van der Waals surface area (Å²) >= 11 is 0. The molecule has 0 radical (unpaired) electrons. The van der Waals surface area contributed by atoms with Crippen LogP contribution in [0.2, 0.25) is 0 Å². The number of methoxy groups -OCH3 is 2. The second-order valence-corrected chi connectivity index (χ2v) is 3.67. The van der Waals surface area contributed by atoms with Crippen LogP contribution in [-0.4, -0.2) is 26.6 Å². The molecule has 4 heteroatoms. The average molecular weight is 236 g/mol. The fourth-order valence-electron chi connectivity index (χ4n) is 1.48. The summed E-state index contributed by atoms with van der Waals surface area (Å²) in [6.45, 7) is 2.70. The molecular formula is C13H20N2O2. The number of rotatable bonds is 6. The van der Waals surface area contributed by atoms with Crippen molar-refractivity contribution in [2.75, 3.05) is 20.8 Å². The summed E-state index contributed by atoms with van der Waals surface area (Å²) in [4.78, 5) is 4.26. The zero-order chi connectivity index (χ0) is 12.7. The molecule has 0 heterocycles. The highest BCUT2D eigenvalue weighted by atomic mass is 16.5. The predicted octanol–water partition coefficient (Wildman–Crippen LogP) is 2.01. The summed E-state index contributed by atoms with van der Waals surface area (Å²) < 4.78 is 10.4. The van der Waals surface area contributed by atoms with Gasteiger partial charge in [-0.25, -0.2) is 0 Å². The van der Waals surface area contributed by atoms with Gasteiger partial charge in [0.1, 0.15) is 0 Å². The summed E-state index contributed by atoms with van der Waals surface area (Å²) in [5.74, 6) is 2.19. The Morgan fingerprint density at radius 3 is 2.53 bits per heavy atom. The summed E-state index contributed by atoms with van der Waals surface area (Å²) in [5.41, 5.74) is 6.81. The fraction of sp³-hybridized carbons (Fsp3) is 0.462. The zero-order valence-corrected chi connectivity index (χ0v) is 10.7. The third-order valence-corrected chi connectivity index (χ3v) is 2.53. The molecule has 1 aromatic rings. The number of benzene rings is 1. The van der Waals surface area contributed by atoms with E-state index in [-0.39, 0.29) is 0 Å². The maximum Gasteiger partial charge on any atom is 0.160 e. The Morgan fingerprint density at radius 1 is 1.24 bits per heavy atom. The Kier molecular flexibility index (Phi) is 5.33. The minimum absolute atomic E-state index is 0.700. The van der Waals surface area contributed by atoms with Crippen molar-refractivity contribution in [2.45, 2.75) is 19.8 Å². The van der Waals surface area contributed by atoms with Gasteiger partial charge in [0.2, 0.25) is 0 Å². The van der Waals surface area contributed by atoms with E-state index in [1.807, 2.05) is 25.1 Å². The molecule has 0 fully saturated rings. The molecule has 0 saturated carbocycles. The molecule has 0 atom stereocenters. The molecule has 0 aliphatic rings. The van der Waals surface area contributed by atoms with Crippen molar-refractivity contribution in [3.63, 3.8) is 0 Å². The normalized spacial score (nSPS) is 11.4. The third-order valence-electron chi connectivity index (χ3n) is 2.53. The molecule has 0 spiro atoms. The highest BCUT2D eigenvalue weighted by Crippen LogP contribution is 2.27.